The minimum Gasteiger partial charge on any atom is -0.469 e. The number of H-pyrrole nitrogens is 2. The number of imidazole rings is 2. The highest BCUT2D eigenvalue weighted by Crippen LogP contribution is 2.24. The Hall–Kier alpha value is -7.14. The number of rotatable bonds is 16. The van der Waals surface area contributed by atoms with Gasteiger partial charge in [0.05, 0.1) is 53.4 Å². The molecule has 0 atom stereocenters. The molecule has 0 fully saturated rings. The molecule has 0 aliphatic heterocycles. The molecule has 0 radical (unpaired) electrons. The molecule has 0 amide bonds. The minimum atomic E-state index is -4.28. The molecular weight excluding hydrogens is 838 g/mol. The third kappa shape index (κ3) is 12.9. The number of hydrogen-bond donors (Lipinski definition) is 4. The number of alkyl halides is 6. The van der Waals surface area contributed by atoms with Crippen molar-refractivity contribution in [2.24, 2.45) is 0 Å². The number of methoxy groups -OCH3 is 2. The molecule has 4 aromatic heterocycles. The zero-order valence-corrected chi connectivity index (χ0v) is 33.1. The van der Waals surface area contributed by atoms with Crippen LogP contribution in [0.15, 0.2) is 58.1 Å². The fourth-order valence-electron chi connectivity index (χ4n) is 5.88. The molecule has 332 valence electrons. The highest BCUT2D eigenvalue weighted by atomic mass is 19.4. The van der Waals surface area contributed by atoms with Gasteiger partial charge in [0.2, 0.25) is 0 Å². The van der Waals surface area contributed by atoms with Gasteiger partial charge in [-0.05, 0) is 35.1 Å². The number of hydrogen-bond acceptors (Lipinski definition) is 14. The number of nitrogens with zero attached hydrogens (tertiary/aromatic N) is 6. The number of ether oxygens (including phenoxy) is 4. The number of nitrogens with one attached hydrogen (secondary N) is 2. The van der Waals surface area contributed by atoms with E-state index < -0.39 is 48.5 Å². The van der Waals surface area contributed by atoms with Crippen LogP contribution in [-0.2, 0) is 45.0 Å². The standard InChI is InChI=1S/2C19H20F3N5O4/c2*1-30-13(28)9-11-4-2-5-12(8-11)10-27-16-14(24-18(27)29)15(23)25-17(26-16)31-7-3-6-19(20,21)22/h2*2,4-5,8H,3,6-7,9-10H2,1H3,(H,24,29)(H2,23,25,26). The van der Waals surface area contributed by atoms with Crippen LogP contribution in [0.1, 0.15) is 47.9 Å². The summed E-state index contributed by atoms with van der Waals surface area (Å²) in [6.07, 6.45) is -10.9. The second-order valence-electron chi connectivity index (χ2n) is 13.5. The highest BCUT2D eigenvalue weighted by Gasteiger charge is 2.27. The van der Waals surface area contributed by atoms with Crippen LogP contribution in [0, 0.1) is 0 Å². The average Bonchev–Trinajstić information content (AvgIpc) is 3.69. The summed E-state index contributed by atoms with van der Waals surface area (Å²) >= 11 is 0. The van der Waals surface area contributed by atoms with Gasteiger partial charge >= 0.3 is 47.7 Å². The number of carbonyl (C=O) groups is 2. The third-order valence-electron chi connectivity index (χ3n) is 8.75. The molecule has 0 aliphatic carbocycles. The van der Waals surface area contributed by atoms with Crippen molar-refractivity contribution in [1.82, 2.24) is 39.0 Å². The van der Waals surface area contributed by atoms with Crippen LogP contribution in [0.4, 0.5) is 38.0 Å². The molecule has 6 rings (SSSR count). The summed E-state index contributed by atoms with van der Waals surface area (Å²) in [5, 5.41) is 0. The van der Waals surface area contributed by atoms with Gasteiger partial charge < -0.3 is 40.4 Å². The molecule has 6 aromatic rings. The molecule has 2 aromatic carbocycles. The lowest BCUT2D eigenvalue weighted by atomic mass is 10.1. The summed E-state index contributed by atoms with van der Waals surface area (Å²) in [5.74, 6) is -0.916. The second-order valence-corrected chi connectivity index (χ2v) is 13.5. The number of nitrogen functional groups attached to an aromatic ring is 2. The smallest absolute Gasteiger partial charge is 0.389 e. The first kappa shape index (κ1) is 45.9. The van der Waals surface area contributed by atoms with Gasteiger partial charge in [-0.25, -0.2) is 9.59 Å². The van der Waals surface area contributed by atoms with Crippen LogP contribution in [0.3, 0.4) is 0 Å². The van der Waals surface area contributed by atoms with E-state index in [9.17, 15) is 45.5 Å². The van der Waals surface area contributed by atoms with Crippen molar-refractivity contribution in [2.75, 3.05) is 38.9 Å². The van der Waals surface area contributed by atoms with Crippen LogP contribution in [0.5, 0.6) is 12.0 Å². The number of anilines is 2. The third-order valence-corrected chi connectivity index (χ3v) is 8.75. The lowest BCUT2D eigenvalue weighted by Gasteiger charge is -2.09. The Morgan fingerprint density at radius 1 is 0.629 bits per heavy atom. The SMILES string of the molecule is COC(=O)Cc1cccc(Cn2c(=O)[nH]c3c(N)nc(OCCCC(F)(F)F)nc32)c1.COC(=O)Cc1cccc(Cn2c(=O)[nH]c3c(N)nc(OCCCC(F)(F)F)nc32)c1. The van der Waals surface area contributed by atoms with Gasteiger partial charge in [-0.15, -0.1) is 0 Å². The maximum absolute atomic E-state index is 12.4. The Bertz CT molecular complexity index is 2460. The average molecular weight is 879 g/mol. The Morgan fingerprint density at radius 2 is 1.00 bits per heavy atom. The first-order valence-electron chi connectivity index (χ1n) is 18.5. The minimum absolute atomic E-state index is 0.0638. The van der Waals surface area contributed by atoms with E-state index in [0.29, 0.717) is 22.3 Å². The number of carbonyl (C=O) groups excluding carboxylic acids is 2. The topological polar surface area (TPSA) is 250 Å². The first-order chi connectivity index (χ1) is 29.3. The van der Waals surface area contributed by atoms with Crippen LogP contribution in [-0.4, -0.2) is 90.8 Å². The van der Waals surface area contributed by atoms with Crippen molar-refractivity contribution in [2.45, 2.75) is 64.0 Å². The predicted molar refractivity (Wildman–Crippen MR) is 209 cm³/mol. The van der Waals surface area contributed by atoms with Gasteiger partial charge in [-0.1, -0.05) is 48.5 Å². The van der Waals surface area contributed by atoms with Gasteiger partial charge in [0.25, 0.3) is 0 Å². The quantitative estimate of drug-likeness (QED) is 0.0599. The van der Waals surface area contributed by atoms with Gasteiger partial charge in [0.15, 0.2) is 22.9 Å². The van der Waals surface area contributed by atoms with E-state index >= 15 is 0 Å². The molecular formula is C38H40F6N10O8. The molecule has 6 N–H and O–H groups in total. The molecule has 62 heavy (non-hydrogen) atoms. The number of halogens is 6. The zero-order chi connectivity index (χ0) is 45.2. The zero-order valence-electron chi connectivity index (χ0n) is 33.1. The predicted octanol–water partition coefficient (Wildman–Crippen LogP) is 4.37. The summed E-state index contributed by atoms with van der Waals surface area (Å²) in [7, 11) is 2.59. The molecule has 0 aliphatic rings. The van der Waals surface area contributed by atoms with Gasteiger partial charge in [-0.3, -0.25) is 18.7 Å². The number of aromatic amines is 2. The molecule has 18 nitrogen and oxygen atoms in total. The Balaban J connectivity index is 0.000000234. The fraction of sp³-hybridized carbons (Fsp3) is 0.368. The summed E-state index contributed by atoms with van der Waals surface area (Å²) in [6.45, 7) is -0.293. The fourth-order valence-corrected chi connectivity index (χ4v) is 5.88. The molecule has 0 saturated heterocycles. The number of benzene rings is 2. The maximum atomic E-state index is 12.4. The summed E-state index contributed by atoms with van der Waals surface area (Å²) in [6, 6.07) is 13.6. The normalized spacial score (nSPS) is 11.6. The van der Waals surface area contributed by atoms with Crippen LogP contribution < -0.4 is 32.3 Å². The van der Waals surface area contributed by atoms with E-state index in [1.807, 2.05) is 0 Å². The molecule has 0 spiro atoms. The second kappa shape index (κ2) is 19.9. The van der Waals surface area contributed by atoms with Crippen molar-refractivity contribution < 1.29 is 54.9 Å². The largest absolute Gasteiger partial charge is 0.469 e. The Labute approximate surface area is 346 Å². The number of nitrogens with two attached hydrogens (primary N) is 2. The van der Waals surface area contributed by atoms with E-state index in [0.717, 1.165) is 0 Å². The molecule has 0 saturated carbocycles. The Kier molecular flexibility index (Phi) is 14.8. The Morgan fingerprint density at radius 3 is 1.35 bits per heavy atom. The van der Waals surface area contributed by atoms with E-state index in [4.69, 9.17) is 20.9 Å². The van der Waals surface area contributed by atoms with Crippen molar-refractivity contribution in [3.05, 3.63) is 91.8 Å². The lowest BCUT2D eigenvalue weighted by Crippen LogP contribution is -2.18. The molecule has 4 heterocycles. The number of esters is 2. The van der Waals surface area contributed by atoms with E-state index in [-0.39, 0.29) is 98.0 Å². The van der Waals surface area contributed by atoms with Gasteiger partial charge in [-0.2, -0.15) is 46.3 Å². The highest BCUT2D eigenvalue weighted by molar-refractivity contribution is 5.82. The molecule has 0 bridgehead atoms. The van der Waals surface area contributed by atoms with Gasteiger partial charge in [0.1, 0.15) is 11.0 Å². The van der Waals surface area contributed by atoms with Crippen molar-refractivity contribution in [1.29, 1.82) is 0 Å². The van der Waals surface area contributed by atoms with Crippen LogP contribution >= 0.6 is 0 Å². The number of fused-ring (bicyclic) bond motifs is 2. The summed E-state index contributed by atoms with van der Waals surface area (Å²) in [4.78, 5) is 69.0. The monoisotopic (exact) mass is 878 g/mol. The lowest BCUT2D eigenvalue weighted by molar-refractivity contribution is -0.140. The van der Waals surface area contributed by atoms with Crippen LogP contribution in [0.25, 0.3) is 22.3 Å². The summed E-state index contributed by atoms with van der Waals surface area (Å²) < 4.78 is 95.9. The van der Waals surface area contributed by atoms with E-state index in [1.54, 1.807) is 48.5 Å². The number of aromatic nitrogens is 8. The first-order valence-corrected chi connectivity index (χ1v) is 18.5. The molecule has 24 heteroatoms. The van der Waals surface area contributed by atoms with Crippen molar-refractivity contribution >= 4 is 45.9 Å². The van der Waals surface area contributed by atoms with Crippen molar-refractivity contribution in [3.8, 4) is 12.0 Å². The summed E-state index contributed by atoms with van der Waals surface area (Å²) in [5.41, 5.74) is 14.3. The van der Waals surface area contributed by atoms with Crippen LogP contribution in [0.2, 0.25) is 0 Å². The van der Waals surface area contributed by atoms with Gasteiger partial charge in [0, 0.05) is 12.8 Å². The van der Waals surface area contributed by atoms with E-state index in [2.05, 4.69) is 39.4 Å². The molecule has 0 unspecified atom stereocenters. The van der Waals surface area contributed by atoms with Crippen molar-refractivity contribution in [3.63, 3.8) is 0 Å². The van der Waals surface area contributed by atoms with E-state index in [1.165, 1.54) is 23.4 Å². The maximum Gasteiger partial charge on any atom is 0.389 e.